The van der Waals surface area contributed by atoms with Crippen molar-refractivity contribution in [1.82, 2.24) is 5.32 Å². The molecule has 1 amide bonds. The van der Waals surface area contributed by atoms with E-state index in [9.17, 15) is 14.7 Å². The zero-order valence-corrected chi connectivity index (χ0v) is 14.0. The molecule has 2 atom stereocenters. The molecule has 1 aliphatic carbocycles. The van der Waals surface area contributed by atoms with E-state index in [0.717, 1.165) is 18.4 Å². The van der Waals surface area contributed by atoms with E-state index in [4.69, 9.17) is 0 Å². The number of rotatable bonds is 6. The standard InChI is InChI=1S/C19H27NO3/c1-13(16-8-4-3-5-9-16)19(23)20-18(14(2)21)12-15-7-6-10-17(22)11-15/h6-7,10-11,13,16,18,22H,3-5,8-9,12H2,1-2H3,(H,20,23)/t13-,18?/m0/s1. The average molecular weight is 317 g/mol. The van der Waals surface area contributed by atoms with Crippen molar-refractivity contribution in [2.75, 3.05) is 0 Å². The lowest BCUT2D eigenvalue weighted by Gasteiger charge is -2.28. The van der Waals surface area contributed by atoms with E-state index in [0.29, 0.717) is 12.3 Å². The lowest BCUT2D eigenvalue weighted by atomic mass is 9.80. The number of hydrogen-bond acceptors (Lipinski definition) is 3. The minimum atomic E-state index is -0.532. The minimum Gasteiger partial charge on any atom is -0.508 e. The Bertz CT molecular complexity index is 549. The fourth-order valence-electron chi connectivity index (χ4n) is 3.37. The molecular weight excluding hydrogens is 290 g/mol. The van der Waals surface area contributed by atoms with E-state index < -0.39 is 6.04 Å². The van der Waals surface area contributed by atoms with Gasteiger partial charge in [0.25, 0.3) is 0 Å². The Hall–Kier alpha value is -1.84. The third-order valence-corrected chi connectivity index (χ3v) is 4.93. The van der Waals surface area contributed by atoms with Crippen LogP contribution in [0.5, 0.6) is 5.75 Å². The highest BCUT2D eigenvalue weighted by Crippen LogP contribution is 2.30. The number of aromatic hydroxyl groups is 1. The maximum absolute atomic E-state index is 12.5. The highest BCUT2D eigenvalue weighted by Gasteiger charge is 2.28. The molecule has 0 spiro atoms. The summed E-state index contributed by atoms with van der Waals surface area (Å²) < 4.78 is 0. The second-order valence-electron chi connectivity index (χ2n) is 6.73. The van der Waals surface area contributed by atoms with Crippen molar-refractivity contribution in [2.45, 2.75) is 58.4 Å². The molecule has 1 fully saturated rings. The molecule has 1 saturated carbocycles. The highest BCUT2D eigenvalue weighted by atomic mass is 16.3. The summed E-state index contributed by atoms with van der Waals surface area (Å²) >= 11 is 0. The first-order chi connectivity index (χ1) is 11.0. The molecule has 23 heavy (non-hydrogen) atoms. The van der Waals surface area contributed by atoms with Crippen molar-refractivity contribution in [3.63, 3.8) is 0 Å². The molecule has 1 unspecified atom stereocenters. The first-order valence-electron chi connectivity index (χ1n) is 8.56. The van der Waals surface area contributed by atoms with Crippen LogP contribution in [-0.4, -0.2) is 22.8 Å². The van der Waals surface area contributed by atoms with E-state index in [2.05, 4.69) is 5.32 Å². The van der Waals surface area contributed by atoms with Gasteiger partial charge in [0.1, 0.15) is 5.75 Å². The van der Waals surface area contributed by atoms with Crippen molar-refractivity contribution in [3.8, 4) is 5.75 Å². The van der Waals surface area contributed by atoms with Crippen molar-refractivity contribution in [2.24, 2.45) is 11.8 Å². The van der Waals surface area contributed by atoms with Gasteiger partial charge in [0.15, 0.2) is 5.78 Å². The molecule has 0 radical (unpaired) electrons. The fourth-order valence-corrected chi connectivity index (χ4v) is 3.37. The van der Waals surface area contributed by atoms with Crippen LogP contribution in [0.15, 0.2) is 24.3 Å². The molecule has 126 valence electrons. The van der Waals surface area contributed by atoms with Crippen LogP contribution in [0.2, 0.25) is 0 Å². The Morgan fingerprint density at radius 3 is 2.57 bits per heavy atom. The largest absolute Gasteiger partial charge is 0.508 e. The maximum atomic E-state index is 12.5. The van der Waals surface area contributed by atoms with Gasteiger partial charge < -0.3 is 10.4 Å². The Balaban J connectivity index is 1.98. The molecule has 1 aromatic rings. The lowest BCUT2D eigenvalue weighted by Crippen LogP contribution is -2.45. The van der Waals surface area contributed by atoms with Crippen LogP contribution in [0.3, 0.4) is 0 Å². The number of nitrogens with one attached hydrogen (secondary N) is 1. The Labute approximate surface area is 138 Å². The summed E-state index contributed by atoms with van der Waals surface area (Å²) in [6, 6.07) is 6.29. The molecule has 0 heterocycles. The lowest BCUT2D eigenvalue weighted by molar-refractivity contribution is -0.130. The van der Waals surface area contributed by atoms with Gasteiger partial charge in [-0.1, -0.05) is 38.3 Å². The van der Waals surface area contributed by atoms with E-state index in [1.807, 2.05) is 13.0 Å². The van der Waals surface area contributed by atoms with Crippen molar-refractivity contribution in [3.05, 3.63) is 29.8 Å². The monoisotopic (exact) mass is 317 g/mol. The fraction of sp³-hybridized carbons (Fsp3) is 0.579. The molecule has 0 saturated heterocycles. The van der Waals surface area contributed by atoms with Crippen LogP contribution in [0, 0.1) is 11.8 Å². The normalized spacial score (nSPS) is 18.2. The summed E-state index contributed by atoms with van der Waals surface area (Å²) in [4.78, 5) is 24.4. The molecule has 0 aromatic heterocycles. The topological polar surface area (TPSA) is 66.4 Å². The summed E-state index contributed by atoms with van der Waals surface area (Å²) in [7, 11) is 0. The number of phenolic OH excluding ortho intramolecular Hbond substituents is 1. The number of benzene rings is 1. The van der Waals surface area contributed by atoms with Gasteiger partial charge in [0, 0.05) is 5.92 Å². The molecule has 1 aromatic carbocycles. The molecule has 4 heteroatoms. The number of ketones is 1. The molecule has 1 aliphatic rings. The van der Waals surface area contributed by atoms with E-state index in [1.165, 1.54) is 26.2 Å². The summed E-state index contributed by atoms with van der Waals surface area (Å²) in [5, 5.41) is 12.4. The first-order valence-corrected chi connectivity index (χ1v) is 8.56. The maximum Gasteiger partial charge on any atom is 0.223 e. The number of phenols is 1. The van der Waals surface area contributed by atoms with Crippen LogP contribution in [0.4, 0.5) is 0 Å². The highest BCUT2D eigenvalue weighted by molar-refractivity contribution is 5.88. The van der Waals surface area contributed by atoms with Gasteiger partial charge in [0.05, 0.1) is 6.04 Å². The van der Waals surface area contributed by atoms with Crippen LogP contribution < -0.4 is 5.32 Å². The van der Waals surface area contributed by atoms with Crippen molar-refractivity contribution >= 4 is 11.7 Å². The molecular formula is C19H27NO3. The molecule has 0 bridgehead atoms. The van der Waals surface area contributed by atoms with Crippen molar-refractivity contribution in [1.29, 1.82) is 0 Å². The number of carbonyl (C=O) groups is 2. The average Bonchev–Trinajstić information content (AvgIpc) is 2.54. The van der Waals surface area contributed by atoms with Gasteiger partial charge in [0.2, 0.25) is 5.91 Å². The van der Waals surface area contributed by atoms with Crippen molar-refractivity contribution < 1.29 is 14.7 Å². The zero-order chi connectivity index (χ0) is 16.8. The summed E-state index contributed by atoms with van der Waals surface area (Å²) in [5.74, 6) is 0.458. The van der Waals surface area contributed by atoms with Gasteiger partial charge in [-0.15, -0.1) is 0 Å². The quantitative estimate of drug-likeness (QED) is 0.846. The number of amides is 1. The Kier molecular flexibility index (Phi) is 6.20. The number of Topliss-reactive ketones (excluding diaryl/α,β-unsaturated/α-hetero) is 1. The third kappa shape index (κ3) is 5.08. The van der Waals surface area contributed by atoms with E-state index in [-0.39, 0.29) is 23.4 Å². The first kappa shape index (κ1) is 17.5. The Morgan fingerprint density at radius 2 is 1.96 bits per heavy atom. The smallest absolute Gasteiger partial charge is 0.223 e. The van der Waals surface area contributed by atoms with E-state index in [1.54, 1.807) is 18.2 Å². The molecule has 0 aliphatic heterocycles. The second-order valence-corrected chi connectivity index (χ2v) is 6.73. The predicted octanol–water partition coefficient (Wildman–Crippen LogP) is 3.22. The van der Waals surface area contributed by atoms with Crippen LogP contribution >= 0.6 is 0 Å². The Morgan fingerprint density at radius 1 is 1.26 bits per heavy atom. The predicted molar refractivity (Wildman–Crippen MR) is 90.2 cm³/mol. The molecule has 2 N–H and O–H groups in total. The summed E-state index contributed by atoms with van der Waals surface area (Å²) in [6.45, 7) is 3.47. The molecule has 2 rings (SSSR count). The van der Waals surface area contributed by atoms with Gasteiger partial charge in [-0.25, -0.2) is 0 Å². The minimum absolute atomic E-state index is 0.0303. The van der Waals surface area contributed by atoms with Crippen LogP contribution in [-0.2, 0) is 16.0 Å². The zero-order valence-electron chi connectivity index (χ0n) is 14.0. The summed E-state index contributed by atoms with van der Waals surface area (Å²) in [5.41, 5.74) is 0.843. The second kappa shape index (κ2) is 8.14. The van der Waals surface area contributed by atoms with Gasteiger partial charge in [-0.3, -0.25) is 9.59 Å². The third-order valence-electron chi connectivity index (χ3n) is 4.93. The SMILES string of the molecule is CC(=O)C(Cc1cccc(O)c1)NC(=O)[C@@H](C)C1CCCCC1. The van der Waals surface area contributed by atoms with Gasteiger partial charge in [-0.2, -0.15) is 0 Å². The number of carbonyl (C=O) groups excluding carboxylic acids is 2. The van der Waals surface area contributed by atoms with Crippen LogP contribution in [0.1, 0.15) is 51.5 Å². The van der Waals surface area contributed by atoms with E-state index >= 15 is 0 Å². The number of hydrogen-bond donors (Lipinski definition) is 2. The molecule has 4 nitrogen and oxygen atoms in total. The van der Waals surface area contributed by atoms with Crippen LogP contribution in [0.25, 0.3) is 0 Å². The summed E-state index contributed by atoms with van der Waals surface area (Å²) in [6.07, 6.45) is 6.27. The van der Waals surface area contributed by atoms with Gasteiger partial charge >= 0.3 is 0 Å². The van der Waals surface area contributed by atoms with Gasteiger partial charge in [-0.05, 0) is 49.8 Å².